The van der Waals surface area contributed by atoms with E-state index < -0.39 is 5.82 Å². The molecule has 1 rings (SSSR count). The van der Waals surface area contributed by atoms with Gasteiger partial charge in [0.25, 0.3) is 0 Å². The zero-order chi connectivity index (χ0) is 9.84. The van der Waals surface area contributed by atoms with Gasteiger partial charge in [-0.1, -0.05) is 12.7 Å². The quantitative estimate of drug-likeness (QED) is 0.694. The Morgan fingerprint density at radius 1 is 1.62 bits per heavy atom. The molecule has 3 heteroatoms. The molecule has 0 unspecified atom stereocenters. The first-order valence-corrected chi connectivity index (χ1v) is 3.63. The van der Waals surface area contributed by atoms with Crippen LogP contribution in [0.25, 0.3) is 6.08 Å². The Morgan fingerprint density at radius 3 is 2.77 bits per heavy atom. The van der Waals surface area contributed by atoms with Crippen molar-refractivity contribution in [1.29, 1.82) is 5.26 Å². The van der Waals surface area contributed by atoms with Crippen LogP contribution in [0.5, 0.6) is 5.75 Å². The van der Waals surface area contributed by atoms with Crippen LogP contribution in [0.2, 0.25) is 0 Å². The summed E-state index contributed by atoms with van der Waals surface area (Å²) in [5.41, 5.74) is 0.528. The summed E-state index contributed by atoms with van der Waals surface area (Å²) >= 11 is 0. The Balaban J connectivity index is 3.47. The summed E-state index contributed by atoms with van der Waals surface area (Å²) in [5, 5.41) is 8.65. The first-order valence-electron chi connectivity index (χ1n) is 3.63. The van der Waals surface area contributed by atoms with Crippen molar-refractivity contribution in [2.45, 2.75) is 0 Å². The van der Waals surface area contributed by atoms with E-state index in [-0.39, 0.29) is 11.3 Å². The Hall–Kier alpha value is -1.82. The van der Waals surface area contributed by atoms with Gasteiger partial charge in [0.05, 0.1) is 7.11 Å². The van der Waals surface area contributed by atoms with Crippen LogP contribution >= 0.6 is 0 Å². The predicted molar refractivity (Wildman–Crippen MR) is 47.8 cm³/mol. The van der Waals surface area contributed by atoms with Crippen molar-refractivity contribution < 1.29 is 9.13 Å². The number of nitriles is 1. The molecule has 13 heavy (non-hydrogen) atoms. The van der Waals surface area contributed by atoms with Gasteiger partial charge in [0.15, 0.2) is 0 Å². The van der Waals surface area contributed by atoms with E-state index in [1.54, 1.807) is 6.07 Å². The second-order valence-corrected chi connectivity index (χ2v) is 2.36. The molecule has 66 valence electrons. The van der Waals surface area contributed by atoms with E-state index in [4.69, 9.17) is 10.00 Å². The molecule has 0 N–H and O–H groups in total. The highest BCUT2D eigenvalue weighted by Gasteiger charge is 2.11. The normalized spacial score (nSPS) is 9.00. The molecule has 0 aliphatic heterocycles. The topological polar surface area (TPSA) is 33.0 Å². The van der Waals surface area contributed by atoms with Gasteiger partial charge in [-0.25, -0.2) is 4.39 Å². The lowest BCUT2D eigenvalue weighted by molar-refractivity contribution is 0.408. The fraction of sp³-hybridized carbons (Fsp3) is 0.100. The molecule has 0 aromatic heterocycles. The van der Waals surface area contributed by atoms with Crippen molar-refractivity contribution in [1.82, 2.24) is 0 Å². The molecular formula is C10H8FNO. The molecule has 0 radical (unpaired) electrons. The van der Waals surface area contributed by atoms with Crippen LogP contribution in [0.15, 0.2) is 18.7 Å². The summed E-state index contributed by atoms with van der Waals surface area (Å²) in [6.45, 7) is 3.53. The van der Waals surface area contributed by atoms with E-state index in [2.05, 4.69) is 6.58 Å². The van der Waals surface area contributed by atoms with Gasteiger partial charge >= 0.3 is 0 Å². The third-order valence-electron chi connectivity index (χ3n) is 1.67. The van der Waals surface area contributed by atoms with Crippen molar-refractivity contribution >= 4 is 6.08 Å². The minimum absolute atomic E-state index is 0.0834. The number of methoxy groups -OCH3 is 1. The molecule has 0 bridgehead atoms. The van der Waals surface area contributed by atoms with Gasteiger partial charge in [-0.3, -0.25) is 0 Å². The summed E-state index contributed by atoms with van der Waals surface area (Å²) in [6.07, 6.45) is 1.51. The van der Waals surface area contributed by atoms with Crippen molar-refractivity contribution in [3.63, 3.8) is 0 Å². The minimum atomic E-state index is -0.579. The minimum Gasteiger partial charge on any atom is -0.495 e. The predicted octanol–water partition coefficient (Wildman–Crippen LogP) is 2.35. The summed E-state index contributed by atoms with van der Waals surface area (Å²) in [6, 6.07) is 4.48. The van der Waals surface area contributed by atoms with Gasteiger partial charge < -0.3 is 4.74 Å². The van der Waals surface area contributed by atoms with Gasteiger partial charge in [0.2, 0.25) is 0 Å². The van der Waals surface area contributed by atoms with Crippen LogP contribution in [0, 0.1) is 17.1 Å². The highest BCUT2D eigenvalue weighted by molar-refractivity contribution is 5.61. The van der Waals surface area contributed by atoms with Crippen molar-refractivity contribution in [2.75, 3.05) is 7.11 Å². The Morgan fingerprint density at radius 2 is 2.31 bits per heavy atom. The standard InChI is InChI=1S/C10H8FNO/c1-3-7-4-5-9(11)8(6-12)10(7)13-2/h3-5H,1H2,2H3. The molecule has 0 heterocycles. The molecule has 2 nitrogen and oxygen atoms in total. The summed E-state index contributed by atoms with van der Waals surface area (Å²) in [7, 11) is 1.39. The average molecular weight is 177 g/mol. The van der Waals surface area contributed by atoms with Crippen LogP contribution < -0.4 is 4.74 Å². The van der Waals surface area contributed by atoms with Gasteiger partial charge in [-0.05, 0) is 12.1 Å². The van der Waals surface area contributed by atoms with Crippen LogP contribution in [0.4, 0.5) is 4.39 Å². The largest absolute Gasteiger partial charge is 0.495 e. The molecule has 0 amide bonds. The highest BCUT2D eigenvalue weighted by Crippen LogP contribution is 2.26. The SMILES string of the molecule is C=Cc1ccc(F)c(C#N)c1OC. The fourth-order valence-electron chi connectivity index (χ4n) is 1.06. The smallest absolute Gasteiger partial charge is 0.146 e. The number of rotatable bonds is 2. The number of ether oxygens (including phenoxy) is 1. The zero-order valence-corrected chi connectivity index (χ0v) is 7.17. The van der Waals surface area contributed by atoms with Crippen molar-refractivity contribution in [3.8, 4) is 11.8 Å². The maximum absolute atomic E-state index is 13.0. The van der Waals surface area contributed by atoms with Crippen LogP contribution in [0.1, 0.15) is 11.1 Å². The third kappa shape index (κ3) is 1.52. The van der Waals surface area contributed by atoms with E-state index in [1.165, 1.54) is 25.3 Å². The lowest BCUT2D eigenvalue weighted by atomic mass is 10.1. The molecule has 0 saturated heterocycles. The molecule has 0 aliphatic carbocycles. The van der Waals surface area contributed by atoms with E-state index in [1.807, 2.05) is 0 Å². The molecule has 0 atom stereocenters. The Bertz CT molecular complexity index is 379. The van der Waals surface area contributed by atoms with Gasteiger partial charge in [-0.2, -0.15) is 5.26 Å². The van der Waals surface area contributed by atoms with Crippen molar-refractivity contribution in [2.24, 2.45) is 0 Å². The Kier molecular flexibility index (Phi) is 2.65. The first-order chi connectivity index (χ1) is 6.24. The number of benzene rings is 1. The number of nitrogens with zero attached hydrogens (tertiary/aromatic N) is 1. The molecule has 1 aromatic carbocycles. The maximum Gasteiger partial charge on any atom is 0.146 e. The monoisotopic (exact) mass is 177 g/mol. The fourth-order valence-corrected chi connectivity index (χ4v) is 1.06. The average Bonchev–Trinajstić information content (AvgIpc) is 2.17. The highest BCUT2D eigenvalue weighted by atomic mass is 19.1. The summed E-state index contributed by atoms with van der Waals surface area (Å²) < 4.78 is 17.9. The molecule has 0 aliphatic rings. The van der Waals surface area contributed by atoms with E-state index >= 15 is 0 Å². The second-order valence-electron chi connectivity index (χ2n) is 2.36. The van der Waals surface area contributed by atoms with Crippen LogP contribution in [0.3, 0.4) is 0 Å². The first kappa shape index (κ1) is 9.27. The molecular weight excluding hydrogens is 169 g/mol. The number of hydrogen-bond acceptors (Lipinski definition) is 2. The molecule has 0 saturated carbocycles. The Labute approximate surface area is 75.9 Å². The van der Waals surface area contributed by atoms with E-state index in [0.717, 1.165) is 0 Å². The molecule has 0 fully saturated rings. The van der Waals surface area contributed by atoms with Gasteiger partial charge in [0, 0.05) is 5.56 Å². The lowest BCUT2D eigenvalue weighted by Crippen LogP contribution is -1.94. The maximum atomic E-state index is 13.0. The van der Waals surface area contributed by atoms with Crippen LogP contribution in [-0.4, -0.2) is 7.11 Å². The van der Waals surface area contributed by atoms with Crippen LogP contribution in [-0.2, 0) is 0 Å². The molecule has 1 aromatic rings. The third-order valence-corrected chi connectivity index (χ3v) is 1.67. The second kappa shape index (κ2) is 3.72. The summed E-state index contributed by atoms with van der Waals surface area (Å²) in [5.74, 6) is -0.345. The summed E-state index contributed by atoms with van der Waals surface area (Å²) in [4.78, 5) is 0. The molecule has 0 spiro atoms. The van der Waals surface area contributed by atoms with Crippen molar-refractivity contribution in [3.05, 3.63) is 35.7 Å². The van der Waals surface area contributed by atoms with E-state index in [0.29, 0.717) is 5.56 Å². The zero-order valence-electron chi connectivity index (χ0n) is 7.17. The lowest BCUT2D eigenvalue weighted by Gasteiger charge is -2.06. The van der Waals surface area contributed by atoms with Gasteiger partial charge in [0.1, 0.15) is 23.2 Å². The number of hydrogen-bond donors (Lipinski definition) is 0. The van der Waals surface area contributed by atoms with E-state index in [9.17, 15) is 4.39 Å². The van der Waals surface area contributed by atoms with Gasteiger partial charge in [-0.15, -0.1) is 0 Å². The number of halogens is 1.